The second-order valence-electron chi connectivity index (χ2n) is 10.1. The van der Waals surface area contributed by atoms with Gasteiger partial charge in [0.15, 0.2) is 0 Å². The predicted molar refractivity (Wildman–Crippen MR) is 130 cm³/mol. The number of carbonyl (C=O) groups excluding carboxylic acids is 3. The lowest BCUT2D eigenvalue weighted by Crippen LogP contribution is -2.54. The van der Waals surface area contributed by atoms with Crippen LogP contribution in [0.1, 0.15) is 84.7 Å². The summed E-state index contributed by atoms with van der Waals surface area (Å²) in [6, 6.07) is 7.86. The number of rotatable bonds is 8. The number of amides is 3. The molecule has 3 unspecified atom stereocenters. The van der Waals surface area contributed by atoms with Crippen molar-refractivity contribution >= 4 is 17.9 Å². The number of hydrogen-bond acceptors (Lipinski definition) is 4. The van der Waals surface area contributed by atoms with Gasteiger partial charge in [0, 0.05) is 13.1 Å². The monoisotopic (exact) mass is 459 g/mol. The summed E-state index contributed by atoms with van der Waals surface area (Å²) < 4.78 is 5.39. The van der Waals surface area contributed by atoms with Gasteiger partial charge in [-0.05, 0) is 45.1 Å². The molecular formula is C26H41N3O4. The predicted octanol–water partition coefficient (Wildman–Crippen LogP) is 4.57. The normalized spacial score (nSPS) is 17.4. The van der Waals surface area contributed by atoms with Crippen LogP contribution in [-0.4, -0.2) is 47.5 Å². The Morgan fingerprint density at radius 2 is 1.70 bits per heavy atom. The average molecular weight is 460 g/mol. The first-order valence-corrected chi connectivity index (χ1v) is 12.1. The molecule has 1 aromatic rings. The van der Waals surface area contributed by atoms with E-state index in [1.54, 1.807) is 27.8 Å². The molecule has 1 aliphatic rings. The summed E-state index contributed by atoms with van der Waals surface area (Å²) in [6.45, 7) is 9.21. The summed E-state index contributed by atoms with van der Waals surface area (Å²) in [5.74, 6) is -0.641. The Bertz CT molecular complexity index is 784. The molecule has 33 heavy (non-hydrogen) atoms. The van der Waals surface area contributed by atoms with Gasteiger partial charge in [-0.15, -0.1) is 0 Å². The van der Waals surface area contributed by atoms with E-state index < -0.39 is 23.8 Å². The molecule has 2 rings (SSSR count). The minimum Gasteiger partial charge on any atom is -0.444 e. The molecule has 1 aromatic carbocycles. The highest BCUT2D eigenvalue weighted by Crippen LogP contribution is 2.25. The van der Waals surface area contributed by atoms with Crippen molar-refractivity contribution in [3.8, 4) is 0 Å². The molecule has 0 radical (unpaired) electrons. The fraction of sp³-hybridized carbons (Fsp3) is 0.654. The third-order valence-electron chi connectivity index (χ3n) is 6.20. The van der Waals surface area contributed by atoms with Gasteiger partial charge in [-0.3, -0.25) is 9.59 Å². The van der Waals surface area contributed by atoms with E-state index in [1.807, 2.05) is 44.2 Å². The third kappa shape index (κ3) is 8.06. The van der Waals surface area contributed by atoms with Crippen molar-refractivity contribution in [1.82, 2.24) is 15.5 Å². The average Bonchev–Trinajstić information content (AvgIpc) is 2.76. The van der Waals surface area contributed by atoms with E-state index in [0.29, 0.717) is 6.42 Å². The maximum atomic E-state index is 13.6. The Balaban J connectivity index is 2.27. The summed E-state index contributed by atoms with van der Waals surface area (Å²) in [5.41, 5.74) is 0.0627. The van der Waals surface area contributed by atoms with Crippen LogP contribution in [-0.2, 0) is 14.3 Å². The van der Waals surface area contributed by atoms with Crippen LogP contribution >= 0.6 is 0 Å². The first kappa shape index (κ1) is 26.7. The van der Waals surface area contributed by atoms with E-state index in [1.165, 1.54) is 11.3 Å². The van der Waals surface area contributed by atoms with Crippen molar-refractivity contribution < 1.29 is 19.1 Å². The SMILES string of the molecule is CCC(C)C(NC(=O)OC(C)(C)C)C(=O)N(C)C(C(=O)NC1CCCCC1)c1ccccc1. The summed E-state index contributed by atoms with van der Waals surface area (Å²) in [4.78, 5) is 41.0. The van der Waals surface area contributed by atoms with Crippen LogP contribution in [0.4, 0.5) is 4.79 Å². The Labute approximate surface area is 198 Å². The van der Waals surface area contributed by atoms with Crippen LogP contribution in [0.2, 0.25) is 0 Å². The van der Waals surface area contributed by atoms with Gasteiger partial charge in [-0.25, -0.2) is 4.79 Å². The van der Waals surface area contributed by atoms with E-state index in [0.717, 1.165) is 31.2 Å². The van der Waals surface area contributed by atoms with Crippen molar-refractivity contribution in [1.29, 1.82) is 0 Å². The second kappa shape index (κ2) is 12.1. The summed E-state index contributed by atoms with van der Waals surface area (Å²) in [5, 5.41) is 5.91. The molecule has 184 valence electrons. The van der Waals surface area contributed by atoms with Crippen LogP contribution in [0.25, 0.3) is 0 Å². The first-order valence-electron chi connectivity index (χ1n) is 12.1. The van der Waals surface area contributed by atoms with E-state index in [4.69, 9.17) is 4.74 Å². The Morgan fingerprint density at radius 1 is 1.09 bits per heavy atom. The van der Waals surface area contributed by atoms with E-state index in [-0.39, 0.29) is 23.8 Å². The fourth-order valence-corrected chi connectivity index (χ4v) is 4.18. The van der Waals surface area contributed by atoms with Crippen molar-refractivity contribution in [3.63, 3.8) is 0 Å². The van der Waals surface area contributed by atoms with Gasteiger partial charge >= 0.3 is 6.09 Å². The highest BCUT2D eigenvalue weighted by molar-refractivity contribution is 5.92. The molecule has 0 heterocycles. The number of benzene rings is 1. The number of hydrogen-bond donors (Lipinski definition) is 2. The van der Waals surface area contributed by atoms with Crippen LogP contribution in [0.3, 0.4) is 0 Å². The number of nitrogens with one attached hydrogen (secondary N) is 2. The van der Waals surface area contributed by atoms with Gasteiger partial charge in [0.2, 0.25) is 11.8 Å². The molecule has 1 saturated carbocycles. The fourth-order valence-electron chi connectivity index (χ4n) is 4.18. The van der Waals surface area contributed by atoms with E-state index in [9.17, 15) is 14.4 Å². The number of alkyl carbamates (subject to hydrolysis) is 1. The Kier molecular flexibility index (Phi) is 9.74. The summed E-state index contributed by atoms with van der Waals surface area (Å²) >= 11 is 0. The Morgan fingerprint density at radius 3 is 2.24 bits per heavy atom. The highest BCUT2D eigenvalue weighted by atomic mass is 16.6. The zero-order chi connectivity index (χ0) is 24.6. The molecule has 3 atom stereocenters. The highest BCUT2D eigenvalue weighted by Gasteiger charge is 2.36. The molecule has 0 bridgehead atoms. The van der Waals surface area contributed by atoms with Crippen molar-refractivity contribution in [2.75, 3.05) is 7.05 Å². The van der Waals surface area contributed by atoms with Crippen LogP contribution in [0.15, 0.2) is 30.3 Å². The quantitative estimate of drug-likeness (QED) is 0.596. The molecule has 0 aliphatic heterocycles. The lowest BCUT2D eigenvalue weighted by molar-refractivity contribution is -0.142. The zero-order valence-electron chi connectivity index (χ0n) is 21.0. The number of likely N-dealkylation sites (N-methyl/N-ethyl adjacent to an activating group) is 1. The number of nitrogens with zero attached hydrogens (tertiary/aromatic N) is 1. The maximum absolute atomic E-state index is 13.6. The number of ether oxygens (including phenoxy) is 1. The lowest BCUT2D eigenvalue weighted by atomic mass is 9.94. The molecule has 7 nitrogen and oxygen atoms in total. The van der Waals surface area contributed by atoms with Gasteiger partial charge in [0.1, 0.15) is 17.7 Å². The lowest BCUT2D eigenvalue weighted by Gasteiger charge is -2.34. The van der Waals surface area contributed by atoms with E-state index in [2.05, 4.69) is 10.6 Å². The smallest absolute Gasteiger partial charge is 0.408 e. The topological polar surface area (TPSA) is 87.7 Å². The molecule has 1 fully saturated rings. The summed E-state index contributed by atoms with van der Waals surface area (Å²) in [6.07, 6.45) is 5.36. The molecule has 0 saturated heterocycles. The molecule has 1 aliphatic carbocycles. The third-order valence-corrected chi connectivity index (χ3v) is 6.20. The summed E-state index contributed by atoms with van der Waals surface area (Å²) in [7, 11) is 1.63. The molecule has 0 spiro atoms. The standard InChI is InChI=1S/C26H41N3O4/c1-7-18(2)21(28-25(32)33-26(3,4)5)24(31)29(6)22(19-14-10-8-11-15-19)23(30)27-20-16-12-9-13-17-20/h8,10-11,14-15,18,20-22H,7,9,12-13,16-17H2,1-6H3,(H,27,30)(H,28,32). The van der Waals surface area contributed by atoms with Gasteiger partial charge in [0.25, 0.3) is 0 Å². The first-order chi connectivity index (χ1) is 15.5. The molecular weight excluding hydrogens is 418 g/mol. The zero-order valence-corrected chi connectivity index (χ0v) is 21.0. The molecule has 3 amide bonds. The van der Waals surface area contributed by atoms with Crippen LogP contribution < -0.4 is 10.6 Å². The van der Waals surface area contributed by atoms with Gasteiger partial charge in [-0.2, -0.15) is 0 Å². The van der Waals surface area contributed by atoms with Crippen molar-refractivity contribution in [2.45, 2.75) is 96.9 Å². The molecule has 2 N–H and O–H groups in total. The van der Waals surface area contributed by atoms with Crippen LogP contribution in [0, 0.1) is 5.92 Å². The van der Waals surface area contributed by atoms with Crippen LogP contribution in [0.5, 0.6) is 0 Å². The molecule has 0 aromatic heterocycles. The van der Waals surface area contributed by atoms with E-state index >= 15 is 0 Å². The van der Waals surface area contributed by atoms with Gasteiger partial charge in [0.05, 0.1) is 0 Å². The maximum Gasteiger partial charge on any atom is 0.408 e. The van der Waals surface area contributed by atoms with Gasteiger partial charge in [-0.1, -0.05) is 69.9 Å². The minimum atomic E-state index is -0.802. The largest absolute Gasteiger partial charge is 0.444 e. The number of carbonyl (C=O) groups is 3. The minimum absolute atomic E-state index is 0.131. The van der Waals surface area contributed by atoms with Crippen molar-refractivity contribution in [3.05, 3.63) is 35.9 Å². The van der Waals surface area contributed by atoms with Gasteiger partial charge < -0.3 is 20.3 Å². The molecule has 7 heteroatoms. The second-order valence-corrected chi connectivity index (χ2v) is 10.1. The van der Waals surface area contributed by atoms with Crippen molar-refractivity contribution in [2.24, 2.45) is 5.92 Å². The Hall–Kier alpha value is -2.57.